The summed E-state index contributed by atoms with van der Waals surface area (Å²) in [6, 6.07) is 17.4. The molecule has 1 aliphatic carbocycles. The van der Waals surface area contributed by atoms with Gasteiger partial charge in [-0.05, 0) is 52.7 Å². The second-order valence-corrected chi connectivity index (χ2v) is 9.43. The third kappa shape index (κ3) is 4.43. The van der Waals surface area contributed by atoms with Gasteiger partial charge >= 0.3 is 11.9 Å². The normalized spacial score (nSPS) is 22.1. The Morgan fingerprint density at radius 3 is 1.79 bits per heavy atom. The molecule has 0 unspecified atom stereocenters. The molecule has 0 radical (unpaired) electrons. The third-order valence-electron chi connectivity index (χ3n) is 6.10. The van der Waals surface area contributed by atoms with Gasteiger partial charge in [-0.1, -0.05) is 59.7 Å². The third-order valence-corrected chi connectivity index (χ3v) is 6.10. The van der Waals surface area contributed by atoms with Gasteiger partial charge in [-0.15, -0.1) is 0 Å². The number of ether oxygens (including phenoxy) is 2. The van der Waals surface area contributed by atoms with Crippen LogP contribution in [0.5, 0.6) is 0 Å². The fourth-order valence-electron chi connectivity index (χ4n) is 4.55. The molecule has 0 saturated heterocycles. The zero-order valence-electron chi connectivity index (χ0n) is 20.6. The Balaban J connectivity index is 2.36. The van der Waals surface area contributed by atoms with E-state index in [1.807, 2.05) is 62.4 Å². The van der Waals surface area contributed by atoms with Crippen molar-refractivity contribution in [2.75, 3.05) is 0 Å². The first kappa shape index (κ1) is 25.0. The molecule has 6 nitrogen and oxygen atoms in total. The van der Waals surface area contributed by atoms with Crippen LogP contribution >= 0.6 is 0 Å². The lowest BCUT2D eigenvalue weighted by Gasteiger charge is -2.32. The van der Waals surface area contributed by atoms with Crippen LogP contribution in [0.3, 0.4) is 0 Å². The van der Waals surface area contributed by atoms with Crippen LogP contribution in [-0.4, -0.2) is 24.1 Å². The minimum Gasteiger partial charge on any atom is -0.461 e. The number of benzene rings is 2. The van der Waals surface area contributed by atoms with Gasteiger partial charge in [-0.25, -0.2) is 9.59 Å². The number of esters is 2. The summed E-state index contributed by atoms with van der Waals surface area (Å²) in [4.78, 5) is 27.0. The van der Waals surface area contributed by atoms with Crippen molar-refractivity contribution in [3.63, 3.8) is 0 Å². The van der Waals surface area contributed by atoms with Gasteiger partial charge in [0.05, 0.1) is 29.5 Å². The minimum absolute atomic E-state index is 0.109. The Kier molecular flexibility index (Phi) is 7.16. The fourth-order valence-corrected chi connectivity index (χ4v) is 4.55. The Morgan fingerprint density at radius 2 is 1.35 bits per heavy atom. The van der Waals surface area contributed by atoms with Crippen molar-refractivity contribution in [1.82, 2.24) is 0 Å². The van der Waals surface area contributed by atoms with Crippen LogP contribution in [0.15, 0.2) is 59.8 Å². The van der Waals surface area contributed by atoms with Crippen LogP contribution in [-0.2, 0) is 19.1 Å². The van der Waals surface area contributed by atoms with E-state index in [-0.39, 0.29) is 11.3 Å². The smallest absolute Gasteiger partial charge is 0.336 e. The number of nitrogens with two attached hydrogens (primary N) is 1. The monoisotopic (exact) mass is 460 g/mol. The molecule has 0 heterocycles. The van der Waals surface area contributed by atoms with Crippen LogP contribution in [0.25, 0.3) is 0 Å². The van der Waals surface area contributed by atoms with E-state index in [1.54, 1.807) is 27.7 Å². The molecule has 1 aliphatic rings. The van der Waals surface area contributed by atoms with Crippen molar-refractivity contribution in [2.45, 2.75) is 65.6 Å². The zero-order valence-corrected chi connectivity index (χ0v) is 20.6. The van der Waals surface area contributed by atoms with Crippen LogP contribution in [0, 0.1) is 30.6 Å². The molecular weight excluding hydrogens is 428 g/mol. The maximum Gasteiger partial charge on any atom is 0.336 e. The highest BCUT2D eigenvalue weighted by molar-refractivity contribution is 5.98. The van der Waals surface area contributed by atoms with Crippen molar-refractivity contribution in [2.24, 2.45) is 11.1 Å². The van der Waals surface area contributed by atoms with Crippen molar-refractivity contribution < 1.29 is 19.1 Å². The van der Waals surface area contributed by atoms with Crippen molar-refractivity contribution in [3.8, 4) is 6.07 Å². The summed E-state index contributed by atoms with van der Waals surface area (Å²) < 4.78 is 11.1. The van der Waals surface area contributed by atoms with Crippen molar-refractivity contribution in [3.05, 3.63) is 82.1 Å². The second-order valence-electron chi connectivity index (χ2n) is 9.43. The average Bonchev–Trinajstić information content (AvgIpc) is 3.03. The number of carbonyl (C=O) groups is 2. The van der Waals surface area contributed by atoms with E-state index in [4.69, 9.17) is 15.2 Å². The Labute approximate surface area is 201 Å². The minimum atomic E-state index is -1.89. The molecule has 2 N–H and O–H groups in total. The van der Waals surface area contributed by atoms with E-state index in [0.29, 0.717) is 5.56 Å². The number of carbonyl (C=O) groups excluding carboxylic acids is 2. The SMILES string of the molecule is Cc1ccc([C@@H]2C(C(=O)OC(C)C)=C(N)[C@](C#N)(C(=O)OC(C)C)[C@H]2c2ccc(C)cc2)cc1. The largest absolute Gasteiger partial charge is 0.461 e. The first-order valence-electron chi connectivity index (χ1n) is 11.5. The van der Waals surface area contributed by atoms with E-state index >= 15 is 0 Å². The number of nitrogens with zero attached hydrogens (tertiary/aromatic N) is 1. The molecule has 178 valence electrons. The summed E-state index contributed by atoms with van der Waals surface area (Å²) in [7, 11) is 0. The molecule has 3 rings (SSSR count). The molecule has 0 bridgehead atoms. The maximum absolute atomic E-state index is 13.6. The van der Waals surface area contributed by atoms with Gasteiger partial charge in [0.15, 0.2) is 0 Å². The first-order valence-corrected chi connectivity index (χ1v) is 11.5. The average molecular weight is 461 g/mol. The lowest BCUT2D eigenvalue weighted by molar-refractivity contribution is -0.155. The van der Waals surface area contributed by atoms with Gasteiger partial charge in [0.2, 0.25) is 5.41 Å². The predicted molar refractivity (Wildman–Crippen MR) is 130 cm³/mol. The topological polar surface area (TPSA) is 102 Å². The molecule has 0 aromatic heterocycles. The van der Waals surface area contributed by atoms with Gasteiger partial charge in [0, 0.05) is 11.8 Å². The molecule has 0 saturated carbocycles. The van der Waals surface area contributed by atoms with Gasteiger partial charge in [-0.2, -0.15) is 5.26 Å². The number of hydrogen-bond acceptors (Lipinski definition) is 6. The molecule has 34 heavy (non-hydrogen) atoms. The Hall–Kier alpha value is -3.59. The summed E-state index contributed by atoms with van der Waals surface area (Å²) >= 11 is 0. The molecule has 0 fully saturated rings. The van der Waals surface area contributed by atoms with Crippen LogP contribution in [0.1, 0.15) is 61.8 Å². The molecule has 0 amide bonds. The summed E-state index contributed by atoms with van der Waals surface area (Å²) in [5, 5.41) is 10.5. The van der Waals surface area contributed by atoms with Crippen LogP contribution < -0.4 is 5.73 Å². The molecule has 2 aromatic rings. The number of hydrogen-bond donors (Lipinski definition) is 1. The number of aryl methyl sites for hydroxylation is 2. The molecule has 0 aliphatic heterocycles. The van der Waals surface area contributed by atoms with E-state index in [9.17, 15) is 14.9 Å². The van der Waals surface area contributed by atoms with Gasteiger partial charge in [-0.3, -0.25) is 0 Å². The second kappa shape index (κ2) is 9.72. The predicted octanol–water partition coefficient (Wildman–Crippen LogP) is 4.81. The highest BCUT2D eigenvalue weighted by atomic mass is 16.5. The highest BCUT2D eigenvalue weighted by Crippen LogP contribution is 2.59. The molecule has 6 heteroatoms. The quantitative estimate of drug-likeness (QED) is 0.621. The summed E-state index contributed by atoms with van der Waals surface area (Å²) in [5.74, 6) is -2.85. The Morgan fingerprint density at radius 1 is 0.882 bits per heavy atom. The van der Waals surface area contributed by atoms with Gasteiger partial charge in [0.1, 0.15) is 0 Å². The first-order chi connectivity index (χ1) is 16.0. The molecule has 3 atom stereocenters. The van der Waals surface area contributed by atoms with E-state index in [0.717, 1.165) is 16.7 Å². The molecule has 0 spiro atoms. The van der Waals surface area contributed by atoms with Crippen molar-refractivity contribution in [1.29, 1.82) is 5.26 Å². The summed E-state index contributed by atoms with van der Waals surface area (Å²) in [6.07, 6.45) is -0.863. The maximum atomic E-state index is 13.6. The van der Waals surface area contributed by atoms with Gasteiger partial charge in [0.25, 0.3) is 0 Å². The summed E-state index contributed by atoms with van der Waals surface area (Å²) in [6.45, 7) is 10.8. The molecule has 2 aromatic carbocycles. The van der Waals surface area contributed by atoms with Crippen molar-refractivity contribution >= 4 is 11.9 Å². The van der Waals surface area contributed by atoms with E-state index in [2.05, 4.69) is 6.07 Å². The summed E-state index contributed by atoms with van der Waals surface area (Å²) in [5.41, 5.74) is 8.28. The molecular formula is C28H32N2O4. The standard InChI is InChI=1S/C28H32N2O4/c1-16(2)33-26(31)23-22(20-11-7-18(5)8-12-20)24(21-13-9-19(6)10-14-21)28(15-29,25(23)30)27(32)34-17(3)4/h7-14,16-17,22,24H,30H2,1-6H3/t22-,24+,28-/m1/s1. The van der Waals surface area contributed by atoms with Crippen LogP contribution in [0.2, 0.25) is 0 Å². The lowest BCUT2D eigenvalue weighted by Crippen LogP contribution is -2.41. The Bertz CT molecular complexity index is 1140. The lowest BCUT2D eigenvalue weighted by atomic mass is 9.68. The van der Waals surface area contributed by atoms with Gasteiger partial charge < -0.3 is 15.2 Å². The number of rotatable bonds is 6. The fraction of sp³-hybridized carbons (Fsp3) is 0.393. The number of nitriles is 1. The van der Waals surface area contributed by atoms with E-state index < -0.39 is 41.4 Å². The highest BCUT2D eigenvalue weighted by Gasteiger charge is 2.62. The van der Waals surface area contributed by atoms with E-state index in [1.165, 1.54) is 0 Å². The van der Waals surface area contributed by atoms with Crippen LogP contribution in [0.4, 0.5) is 0 Å². The zero-order chi connectivity index (χ0) is 25.2.